The molecule has 160 valence electrons. The van der Waals surface area contributed by atoms with Gasteiger partial charge in [-0.05, 0) is 55.5 Å². The molecular formula is C20H28N2O5S2. The number of rotatable bonds is 10. The summed E-state index contributed by atoms with van der Waals surface area (Å²) in [6.07, 6.45) is 1.23. The lowest BCUT2D eigenvalue weighted by atomic mass is 10.1. The molecule has 0 unspecified atom stereocenters. The molecule has 0 aromatic heterocycles. The molecule has 0 spiro atoms. The van der Waals surface area contributed by atoms with Crippen molar-refractivity contribution in [3.05, 3.63) is 59.7 Å². The topological polar surface area (TPSA) is 104 Å². The van der Waals surface area contributed by atoms with Gasteiger partial charge in [-0.15, -0.1) is 0 Å². The number of hydrogen-bond acceptors (Lipinski definition) is 4. The van der Waals surface area contributed by atoms with Crippen LogP contribution in [0.3, 0.4) is 0 Å². The van der Waals surface area contributed by atoms with Crippen molar-refractivity contribution >= 4 is 26.0 Å². The van der Waals surface area contributed by atoms with E-state index in [0.717, 1.165) is 17.5 Å². The monoisotopic (exact) mass is 440 g/mol. The fraction of sp³-hybridized carbons (Fsp3) is 0.400. The highest BCUT2D eigenvalue weighted by atomic mass is 32.2. The summed E-state index contributed by atoms with van der Waals surface area (Å²) in [7, 11) is -7.93. The summed E-state index contributed by atoms with van der Waals surface area (Å²) >= 11 is 0. The maximum Gasteiger partial charge on any atom is 0.357 e. The summed E-state index contributed by atoms with van der Waals surface area (Å²) in [5.74, 6) is 0.372. The molecule has 9 heteroatoms. The molecule has 2 rings (SSSR count). The van der Waals surface area contributed by atoms with Gasteiger partial charge < -0.3 is 0 Å². The van der Waals surface area contributed by atoms with Crippen LogP contribution in [-0.2, 0) is 26.7 Å². The Morgan fingerprint density at radius 1 is 0.931 bits per heavy atom. The first-order chi connectivity index (χ1) is 13.5. The van der Waals surface area contributed by atoms with Crippen molar-refractivity contribution in [2.75, 3.05) is 17.8 Å². The Bertz CT molecular complexity index is 1000. The Kier molecular flexibility index (Phi) is 7.81. The van der Waals surface area contributed by atoms with E-state index < -0.39 is 20.3 Å². The van der Waals surface area contributed by atoms with Gasteiger partial charge in [0.25, 0.3) is 0 Å². The van der Waals surface area contributed by atoms with Gasteiger partial charge in [0.05, 0.1) is 10.6 Å². The first kappa shape index (κ1) is 23.3. The van der Waals surface area contributed by atoms with E-state index in [9.17, 15) is 16.8 Å². The van der Waals surface area contributed by atoms with Gasteiger partial charge in [0.1, 0.15) is 0 Å². The van der Waals surface area contributed by atoms with Gasteiger partial charge in [-0.1, -0.05) is 43.7 Å². The summed E-state index contributed by atoms with van der Waals surface area (Å²) in [6.45, 7) is 6.76. The molecule has 0 aliphatic carbocycles. The maximum atomic E-state index is 13.1. The van der Waals surface area contributed by atoms with Crippen LogP contribution in [0.25, 0.3) is 0 Å². The van der Waals surface area contributed by atoms with Gasteiger partial charge in [-0.2, -0.15) is 12.7 Å². The molecule has 29 heavy (non-hydrogen) atoms. The molecule has 0 radical (unpaired) electrons. The smallest absolute Gasteiger partial charge is 0.269 e. The number of aryl methyl sites for hydroxylation is 1. The first-order valence-corrected chi connectivity index (χ1v) is 12.3. The van der Waals surface area contributed by atoms with Crippen LogP contribution in [0, 0.1) is 12.8 Å². The zero-order valence-corrected chi connectivity index (χ0v) is 18.5. The molecule has 0 atom stereocenters. The highest BCUT2D eigenvalue weighted by Gasteiger charge is 2.24. The minimum atomic E-state index is -4.32. The summed E-state index contributed by atoms with van der Waals surface area (Å²) in [4.78, 5) is 0.277. The summed E-state index contributed by atoms with van der Waals surface area (Å²) in [5, 5.41) is 0. The zero-order chi connectivity index (χ0) is 21.7. The molecular weight excluding hydrogens is 412 g/mol. The minimum absolute atomic E-state index is 0.236. The van der Waals surface area contributed by atoms with Crippen molar-refractivity contribution in [3.63, 3.8) is 0 Å². The highest BCUT2D eigenvalue weighted by Crippen LogP contribution is 2.19. The molecule has 0 aliphatic rings. The van der Waals surface area contributed by atoms with Crippen molar-refractivity contribution in [2.24, 2.45) is 5.92 Å². The van der Waals surface area contributed by atoms with Gasteiger partial charge in [-0.3, -0.25) is 9.27 Å². The average molecular weight is 441 g/mol. The maximum absolute atomic E-state index is 13.1. The van der Waals surface area contributed by atoms with Gasteiger partial charge in [-0.25, -0.2) is 8.42 Å². The summed E-state index contributed by atoms with van der Waals surface area (Å²) < 4.78 is 60.3. The van der Waals surface area contributed by atoms with E-state index >= 15 is 0 Å². The van der Waals surface area contributed by atoms with Crippen LogP contribution in [0.5, 0.6) is 0 Å². The fourth-order valence-corrected chi connectivity index (χ4v) is 4.65. The van der Waals surface area contributed by atoms with Gasteiger partial charge in [0, 0.05) is 13.1 Å². The molecule has 0 amide bonds. The van der Waals surface area contributed by atoms with E-state index in [0.29, 0.717) is 25.4 Å². The molecule has 0 fully saturated rings. The number of benzene rings is 2. The third kappa shape index (κ3) is 7.43. The van der Waals surface area contributed by atoms with E-state index in [1.165, 1.54) is 16.4 Å². The zero-order valence-electron chi connectivity index (χ0n) is 16.9. The van der Waals surface area contributed by atoms with Crippen LogP contribution >= 0.6 is 0 Å². The number of hydrogen-bond donors (Lipinski definition) is 2. The second-order valence-electron chi connectivity index (χ2n) is 7.42. The molecule has 0 heterocycles. The van der Waals surface area contributed by atoms with Crippen LogP contribution in [0.1, 0.15) is 31.4 Å². The van der Waals surface area contributed by atoms with Crippen LogP contribution in [0.2, 0.25) is 0 Å². The normalized spacial score (nSPS) is 12.5. The van der Waals surface area contributed by atoms with Crippen molar-refractivity contribution in [3.8, 4) is 0 Å². The second kappa shape index (κ2) is 9.71. The Labute approximate surface area is 173 Å². The molecule has 7 nitrogen and oxygen atoms in total. The van der Waals surface area contributed by atoms with Gasteiger partial charge in [0.15, 0.2) is 0 Å². The lowest BCUT2D eigenvalue weighted by molar-refractivity contribution is 0.382. The third-order valence-corrected chi connectivity index (χ3v) is 6.87. The first-order valence-electron chi connectivity index (χ1n) is 9.38. The molecule has 0 bridgehead atoms. The predicted molar refractivity (Wildman–Crippen MR) is 115 cm³/mol. The van der Waals surface area contributed by atoms with Crippen molar-refractivity contribution in [2.45, 2.75) is 38.5 Å². The average Bonchev–Trinajstić information content (AvgIpc) is 2.61. The van der Waals surface area contributed by atoms with Crippen molar-refractivity contribution in [1.29, 1.82) is 0 Å². The summed E-state index contributed by atoms with van der Waals surface area (Å²) in [6, 6.07) is 13.3. The van der Waals surface area contributed by atoms with E-state index in [2.05, 4.69) is 13.8 Å². The Hall–Kier alpha value is -1.94. The molecule has 2 aromatic carbocycles. The summed E-state index contributed by atoms with van der Waals surface area (Å²) in [5.41, 5.74) is 2.09. The predicted octanol–water partition coefficient (Wildman–Crippen LogP) is 3.49. The molecule has 0 saturated heterocycles. The molecule has 0 aliphatic heterocycles. The van der Waals surface area contributed by atoms with Gasteiger partial charge in [0.2, 0.25) is 10.0 Å². The molecule has 2 N–H and O–H groups in total. The lowest BCUT2D eigenvalue weighted by Crippen LogP contribution is -2.34. The van der Waals surface area contributed by atoms with E-state index in [4.69, 9.17) is 4.55 Å². The number of anilines is 1. The molecule has 2 aromatic rings. The van der Waals surface area contributed by atoms with E-state index in [-0.39, 0.29) is 10.6 Å². The molecule has 0 saturated carbocycles. The van der Waals surface area contributed by atoms with Gasteiger partial charge >= 0.3 is 10.3 Å². The SMILES string of the molecule is Cc1ccc(S(=O)(=O)N(CCc2ccc(NS(=O)(=O)O)cc2)CCC(C)C)cc1. The number of nitrogens with one attached hydrogen (secondary N) is 1. The van der Waals surface area contributed by atoms with Crippen LogP contribution < -0.4 is 4.72 Å². The standard InChI is InChI=1S/C20H28N2O5S2/c1-16(2)12-14-22(28(23,24)20-10-4-17(3)5-11-20)15-13-18-6-8-19(9-7-18)21-29(25,26)27/h4-11,16,21H,12-15H2,1-3H3,(H,25,26,27). The fourth-order valence-electron chi connectivity index (χ4n) is 2.76. The van der Waals surface area contributed by atoms with Crippen molar-refractivity contribution in [1.82, 2.24) is 4.31 Å². The second-order valence-corrected chi connectivity index (χ2v) is 10.5. The van der Waals surface area contributed by atoms with Crippen LogP contribution in [0.4, 0.5) is 5.69 Å². The Balaban J connectivity index is 2.15. The van der Waals surface area contributed by atoms with Crippen molar-refractivity contribution < 1.29 is 21.4 Å². The Morgan fingerprint density at radius 2 is 1.52 bits per heavy atom. The largest absolute Gasteiger partial charge is 0.357 e. The van der Waals surface area contributed by atoms with Crippen LogP contribution in [-0.4, -0.2) is 38.8 Å². The quantitative estimate of drug-likeness (QED) is 0.551. The Morgan fingerprint density at radius 3 is 2.03 bits per heavy atom. The number of sulfonamides is 1. The third-order valence-electron chi connectivity index (χ3n) is 4.47. The number of nitrogens with zero attached hydrogens (tertiary/aromatic N) is 1. The van der Waals surface area contributed by atoms with E-state index in [1.807, 2.05) is 11.6 Å². The van der Waals surface area contributed by atoms with Crippen LogP contribution in [0.15, 0.2) is 53.4 Å². The highest BCUT2D eigenvalue weighted by molar-refractivity contribution is 7.89. The lowest BCUT2D eigenvalue weighted by Gasteiger charge is -2.23. The van der Waals surface area contributed by atoms with E-state index in [1.54, 1.807) is 36.4 Å². The minimum Gasteiger partial charge on any atom is -0.269 e.